The van der Waals surface area contributed by atoms with Gasteiger partial charge in [0.2, 0.25) is 0 Å². The van der Waals surface area contributed by atoms with E-state index in [1.165, 1.54) is 0 Å². The zero-order chi connectivity index (χ0) is 24.6. The molecular weight excluding hydrogens is 432 g/mol. The van der Waals surface area contributed by atoms with Gasteiger partial charge >= 0.3 is 6.09 Å². The lowest BCUT2D eigenvalue weighted by molar-refractivity contribution is 0.0539. The number of carbonyl (C=O) groups excluding carboxylic acids is 1. The predicted molar refractivity (Wildman–Crippen MR) is 130 cm³/mol. The Morgan fingerprint density at radius 1 is 1.29 bits per heavy atom. The molecule has 1 unspecified atom stereocenters. The van der Waals surface area contributed by atoms with Crippen LogP contribution in [0.2, 0.25) is 0 Å². The van der Waals surface area contributed by atoms with Crippen molar-refractivity contribution in [1.29, 1.82) is 0 Å². The van der Waals surface area contributed by atoms with Crippen LogP contribution < -0.4 is 5.90 Å². The molecule has 1 aliphatic rings. The van der Waals surface area contributed by atoms with Crippen molar-refractivity contribution in [3.8, 4) is 0 Å². The van der Waals surface area contributed by atoms with E-state index in [1.54, 1.807) is 29.8 Å². The number of carbonyl (C=O) groups is 1. The molecule has 1 aliphatic carbocycles. The molecule has 2 heterocycles. The smallest absolute Gasteiger partial charge is 0.420 e. The Kier molecular flexibility index (Phi) is 6.47. The van der Waals surface area contributed by atoms with Gasteiger partial charge in [0.05, 0.1) is 16.7 Å². The van der Waals surface area contributed by atoms with Gasteiger partial charge in [-0.1, -0.05) is 13.0 Å². The number of aromatic nitrogens is 3. The molecule has 4 rings (SSSR count). The lowest BCUT2D eigenvalue weighted by atomic mass is 9.95. The lowest BCUT2D eigenvalue weighted by Gasteiger charge is -2.21. The molecule has 180 valence electrons. The molecule has 0 aliphatic heterocycles. The fraction of sp³-hybridized carbons (Fsp3) is 0.423. The van der Waals surface area contributed by atoms with Gasteiger partial charge in [0.25, 0.3) is 0 Å². The van der Waals surface area contributed by atoms with Crippen LogP contribution in [-0.2, 0) is 9.57 Å². The number of fused-ring (bicyclic) bond motifs is 1. The van der Waals surface area contributed by atoms with E-state index in [9.17, 15) is 9.90 Å². The van der Waals surface area contributed by atoms with Gasteiger partial charge in [-0.15, -0.1) is 0 Å². The Hall–Kier alpha value is -3.23. The fourth-order valence-electron chi connectivity index (χ4n) is 4.14. The molecule has 3 aromatic rings. The van der Waals surface area contributed by atoms with E-state index in [4.69, 9.17) is 20.5 Å². The summed E-state index contributed by atoms with van der Waals surface area (Å²) in [5.41, 5.74) is 3.17. The second-order valence-electron chi connectivity index (χ2n) is 9.66. The van der Waals surface area contributed by atoms with E-state index in [-0.39, 0.29) is 5.92 Å². The highest BCUT2D eigenvalue weighted by atomic mass is 16.6. The Morgan fingerprint density at radius 2 is 2.03 bits per heavy atom. The Labute approximate surface area is 199 Å². The minimum atomic E-state index is -1.03. The summed E-state index contributed by atoms with van der Waals surface area (Å²) in [6, 6.07) is 9.16. The minimum Gasteiger partial charge on any atom is -0.443 e. The van der Waals surface area contributed by atoms with Crippen molar-refractivity contribution in [2.75, 3.05) is 0 Å². The van der Waals surface area contributed by atoms with Crippen LogP contribution in [0.5, 0.6) is 0 Å². The van der Waals surface area contributed by atoms with E-state index in [0.29, 0.717) is 40.3 Å². The molecule has 0 amide bonds. The Morgan fingerprint density at radius 3 is 2.59 bits per heavy atom. The molecule has 0 spiro atoms. The molecule has 1 aromatic carbocycles. The van der Waals surface area contributed by atoms with Gasteiger partial charge in [-0.3, -0.25) is 4.98 Å². The van der Waals surface area contributed by atoms with E-state index < -0.39 is 17.8 Å². The maximum Gasteiger partial charge on any atom is 0.420 e. The average molecular weight is 465 g/mol. The van der Waals surface area contributed by atoms with Gasteiger partial charge in [0.15, 0.2) is 0 Å². The molecule has 0 radical (unpaired) electrons. The van der Waals surface area contributed by atoms with Crippen LogP contribution >= 0.6 is 0 Å². The van der Waals surface area contributed by atoms with E-state index >= 15 is 0 Å². The number of benzene rings is 1. The second-order valence-corrected chi connectivity index (χ2v) is 9.66. The zero-order valence-electron chi connectivity index (χ0n) is 20.3. The number of imidazole rings is 1. The van der Waals surface area contributed by atoms with Crippen LogP contribution in [0.15, 0.2) is 42.3 Å². The van der Waals surface area contributed by atoms with Crippen LogP contribution in [-0.4, -0.2) is 31.3 Å². The molecule has 1 saturated carbocycles. The first kappa shape index (κ1) is 23.9. The van der Waals surface area contributed by atoms with Crippen LogP contribution in [0.1, 0.15) is 88.5 Å². The van der Waals surface area contributed by atoms with Gasteiger partial charge in [-0.25, -0.2) is 14.3 Å². The van der Waals surface area contributed by atoms with Crippen molar-refractivity contribution in [3.05, 3.63) is 64.9 Å². The van der Waals surface area contributed by atoms with Crippen molar-refractivity contribution in [3.63, 3.8) is 0 Å². The topological polar surface area (TPSA) is 112 Å². The molecule has 3 N–H and O–H groups in total. The maximum atomic E-state index is 13.3. The number of pyridine rings is 1. The molecular formula is C26H32N4O4. The third-order valence-electron chi connectivity index (χ3n) is 5.90. The number of aliphatic hydroxyl groups excluding tert-OH is 1. The van der Waals surface area contributed by atoms with Crippen molar-refractivity contribution >= 4 is 22.7 Å². The largest absolute Gasteiger partial charge is 0.443 e. The first-order valence-electron chi connectivity index (χ1n) is 11.6. The average Bonchev–Trinajstić information content (AvgIpc) is 3.57. The van der Waals surface area contributed by atoms with Gasteiger partial charge < -0.3 is 14.7 Å². The molecule has 8 heteroatoms. The summed E-state index contributed by atoms with van der Waals surface area (Å²) in [6.45, 7) is 9.30. The van der Waals surface area contributed by atoms with E-state index in [1.807, 2.05) is 45.9 Å². The summed E-state index contributed by atoms with van der Waals surface area (Å²) in [5, 5.41) is 11.3. The third-order valence-corrected chi connectivity index (χ3v) is 5.90. The van der Waals surface area contributed by atoms with Crippen LogP contribution in [0, 0.1) is 0 Å². The molecule has 1 fully saturated rings. The summed E-state index contributed by atoms with van der Waals surface area (Å²) < 4.78 is 7.30. The number of ether oxygens (including phenoxy) is 1. The summed E-state index contributed by atoms with van der Waals surface area (Å²) >= 11 is 0. The molecule has 1 atom stereocenters. The van der Waals surface area contributed by atoms with Crippen molar-refractivity contribution < 1.29 is 19.5 Å². The number of hydrogen-bond acceptors (Lipinski definition) is 7. The summed E-state index contributed by atoms with van der Waals surface area (Å²) in [5.74, 6) is 6.88. The Bertz CT molecular complexity index is 1240. The highest BCUT2D eigenvalue weighted by Gasteiger charge is 2.35. The highest BCUT2D eigenvalue weighted by Crippen LogP contribution is 2.43. The van der Waals surface area contributed by atoms with Gasteiger partial charge in [0, 0.05) is 17.7 Å². The first-order valence-corrected chi connectivity index (χ1v) is 11.6. The SMILES string of the molecule is CC/C(=C(/C)ON)c1cc(C(O)c2ccccn2)c2nc(C3CC3)n(C(=O)OC(C)(C)C)c2c1. The molecule has 0 bridgehead atoms. The van der Waals surface area contributed by atoms with Crippen LogP contribution in [0.25, 0.3) is 16.6 Å². The number of nitrogens with two attached hydrogens (primary N) is 1. The molecule has 0 saturated heterocycles. The lowest BCUT2D eigenvalue weighted by Crippen LogP contribution is -2.28. The van der Waals surface area contributed by atoms with E-state index in [2.05, 4.69) is 4.98 Å². The van der Waals surface area contributed by atoms with Crippen molar-refractivity contribution in [2.24, 2.45) is 5.90 Å². The standard InChI is InChI=1S/C26H32N4O4/c1-6-18(15(2)34-27)17-13-19(23(31)20-9-7-8-12-28-20)22-21(14-17)30(24(29-22)16-10-11-16)25(32)33-26(3,4)5/h7-9,12-14,16,23,31H,6,10-11,27H2,1-5H3/b18-15+. The number of rotatable bonds is 6. The fourth-order valence-corrected chi connectivity index (χ4v) is 4.14. The quantitative estimate of drug-likeness (QED) is 0.380. The minimum absolute atomic E-state index is 0.179. The zero-order valence-corrected chi connectivity index (χ0v) is 20.3. The van der Waals surface area contributed by atoms with Crippen LogP contribution in [0.3, 0.4) is 0 Å². The van der Waals surface area contributed by atoms with Gasteiger partial charge in [-0.05, 0) is 82.4 Å². The molecule has 8 nitrogen and oxygen atoms in total. The van der Waals surface area contributed by atoms with E-state index in [0.717, 1.165) is 24.0 Å². The normalized spacial score (nSPS) is 15.7. The second kappa shape index (κ2) is 9.19. The van der Waals surface area contributed by atoms with Crippen molar-refractivity contribution in [1.82, 2.24) is 14.5 Å². The van der Waals surface area contributed by atoms with Gasteiger partial charge in [-0.2, -0.15) is 5.90 Å². The molecule has 2 aromatic heterocycles. The highest BCUT2D eigenvalue weighted by molar-refractivity contribution is 5.92. The van der Waals surface area contributed by atoms with Crippen LogP contribution in [0.4, 0.5) is 4.79 Å². The van der Waals surface area contributed by atoms with Crippen molar-refractivity contribution in [2.45, 2.75) is 71.5 Å². The summed E-state index contributed by atoms with van der Waals surface area (Å²) in [4.78, 5) is 27.6. The monoisotopic (exact) mass is 464 g/mol. The maximum absolute atomic E-state index is 13.3. The Balaban J connectivity index is 2.02. The third kappa shape index (κ3) is 4.69. The predicted octanol–water partition coefficient (Wildman–Crippen LogP) is 5.20. The number of hydrogen-bond donors (Lipinski definition) is 2. The number of nitrogens with zero attached hydrogens (tertiary/aromatic N) is 3. The molecule has 34 heavy (non-hydrogen) atoms. The summed E-state index contributed by atoms with van der Waals surface area (Å²) in [6.07, 6.45) is 2.67. The van der Waals surface area contributed by atoms with Gasteiger partial charge in [0.1, 0.15) is 23.3 Å². The number of aliphatic hydroxyl groups is 1. The first-order chi connectivity index (χ1) is 16.1. The summed E-state index contributed by atoms with van der Waals surface area (Å²) in [7, 11) is 0. The number of allylic oxidation sites excluding steroid dienone is 2.